The zero-order valence-corrected chi connectivity index (χ0v) is 48.0. The Balaban J connectivity index is 0.000000430. The number of nitrogen functional groups attached to an aromatic ring is 4. The zero-order valence-electron chi connectivity index (χ0n) is 42.6. The summed E-state index contributed by atoms with van der Waals surface area (Å²) >= 11 is 24.6. The first-order chi connectivity index (χ1) is 38.9. The summed E-state index contributed by atoms with van der Waals surface area (Å²) in [6.07, 6.45) is -0.153. The number of methoxy groups -OCH3 is 1. The Hall–Kier alpha value is -8.24. The monoisotopic (exact) mass is 1280 g/mol. The number of carboxylic acid groups (broad SMARTS) is 2. The summed E-state index contributed by atoms with van der Waals surface area (Å²) in [5.74, 6) is -3.03. The van der Waals surface area contributed by atoms with Crippen LogP contribution < -0.4 is 53.1 Å². The van der Waals surface area contributed by atoms with Gasteiger partial charge in [-0.1, -0.05) is 46.4 Å². The number of hydrogen-bond donors (Lipinski definition) is 12. The van der Waals surface area contributed by atoms with Gasteiger partial charge in [-0.15, -0.1) is 5.11 Å². The number of nitrogens with two attached hydrogens (primary N) is 4. The van der Waals surface area contributed by atoms with Crippen molar-refractivity contribution in [1.82, 2.24) is 15.0 Å². The van der Waals surface area contributed by atoms with Crippen LogP contribution in [-0.2, 0) is 30.4 Å². The Labute approximate surface area is 493 Å². The molecule has 1 aromatic heterocycles. The van der Waals surface area contributed by atoms with Crippen molar-refractivity contribution in [1.29, 1.82) is 0 Å². The molecule has 0 fully saturated rings. The van der Waals surface area contributed by atoms with Crippen molar-refractivity contribution >= 4 is 158 Å². The smallest absolute Gasteiger partial charge is 0.337 e. The van der Waals surface area contributed by atoms with E-state index in [1.165, 1.54) is 73.8 Å². The van der Waals surface area contributed by atoms with Crippen LogP contribution >= 0.6 is 46.4 Å². The summed E-state index contributed by atoms with van der Waals surface area (Å²) in [4.78, 5) is 34.9. The van der Waals surface area contributed by atoms with Gasteiger partial charge in [-0.3, -0.25) is 13.7 Å². The molecular formula is C48H48Cl4N12O16S3. The molecule has 0 saturated carbocycles. The first-order valence-electron chi connectivity index (χ1n) is 23.0. The molecule has 442 valence electrons. The number of anilines is 10. The van der Waals surface area contributed by atoms with Crippen molar-refractivity contribution in [3.63, 3.8) is 0 Å². The highest BCUT2D eigenvalue weighted by Gasteiger charge is 2.19. The molecule has 0 amide bonds. The topological polar surface area (TPSA) is 469 Å². The van der Waals surface area contributed by atoms with Gasteiger partial charge in [0, 0.05) is 29.2 Å². The molecule has 0 bridgehead atoms. The number of carboxylic acids is 2. The molecule has 7 aromatic rings. The summed E-state index contributed by atoms with van der Waals surface area (Å²) < 4.78 is 110. The second-order valence-electron chi connectivity index (χ2n) is 16.5. The Morgan fingerprint density at radius 3 is 1.57 bits per heavy atom. The van der Waals surface area contributed by atoms with Gasteiger partial charge in [0.25, 0.3) is 30.4 Å². The molecule has 0 aliphatic heterocycles. The third-order valence-corrected chi connectivity index (χ3v) is 14.0. The van der Waals surface area contributed by atoms with Crippen LogP contribution in [0.4, 0.5) is 69.0 Å². The number of aromatic carboxylic acids is 2. The fraction of sp³-hybridized carbons (Fsp3) is 0.146. The van der Waals surface area contributed by atoms with Gasteiger partial charge in [-0.2, -0.15) is 45.3 Å². The third-order valence-electron chi connectivity index (χ3n) is 10.2. The van der Waals surface area contributed by atoms with Crippen LogP contribution in [-0.4, -0.2) is 108 Å². The first kappa shape index (κ1) is 65.6. The van der Waals surface area contributed by atoms with Crippen molar-refractivity contribution in [3.8, 4) is 17.2 Å². The van der Waals surface area contributed by atoms with E-state index in [0.717, 1.165) is 6.07 Å². The highest BCUT2D eigenvalue weighted by Crippen LogP contribution is 2.40. The largest absolute Gasteiger partial charge is 0.495 e. The average Bonchev–Trinajstić information content (AvgIpc) is 3.61. The van der Waals surface area contributed by atoms with E-state index in [1.54, 1.807) is 30.3 Å². The van der Waals surface area contributed by atoms with E-state index in [9.17, 15) is 44.5 Å². The third kappa shape index (κ3) is 21.2. The van der Waals surface area contributed by atoms with Gasteiger partial charge >= 0.3 is 11.9 Å². The van der Waals surface area contributed by atoms with Gasteiger partial charge in [0.1, 0.15) is 22.9 Å². The minimum Gasteiger partial charge on any atom is -0.495 e. The van der Waals surface area contributed by atoms with Crippen molar-refractivity contribution in [2.24, 2.45) is 10.2 Å². The van der Waals surface area contributed by atoms with Crippen LogP contribution in [0.5, 0.6) is 17.2 Å². The van der Waals surface area contributed by atoms with E-state index in [0.29, 0.717) is 22.8 Å². The lowest BCUT2D eigenvalue weighted by Gasteiger charge is -2.17. The molecule has 0 aliphatic rings. The van der Waals surface area contributed by atoms with E-state index < -0.39 is 53.8 Å². The molecule has 83 heavy (non-hydrogen) atoms. The summed E-state index contributed by atoms with van der Waals surface area (Å²) in [6.45, 7) is -0.324. The molecule has 35 heteroatoms. The number of nitrogens with one attached hydrogen (secondary N) is 3. The van der Waals surface area contributed by atoms with E-state index in [4.69, 9.17) is 97.8 Å². The number of azo groups is 1. The molecule has 0 spiro atoms. The van der Waals surface area contributed by atoms with Crippen LogP contribution in [0.1, 0.15) is 33.6 Å². The molecule has 16 N–H and O–H groups in total. The molecule has 0 radical (unpaired) electrons. The number of aromatic nitrogens is 3. The van der Waals surface area contributed by atoms with E-state index in [1.807, 2.05) is 0 Å². The molecule has 0 unspecified atom stereocenters. The summed E-state index contributed by atoms with van der Waals surface area (Å²) in [5, 5.41) is 35.4. The molecule has 28 nitrogen and oxygen atoms in total. The van der Waals surface area contributed by atoms with Crippen LogP contribution in [0.25, 0.3) is 0 Å². The Morgan fingerprint density at radius 1 is 0.542 bits per heavy atom. The number of nitrogens with zero attached hydrogens (tertiary/aromatic N) is 5. The van der Waals surface area contributed by atoms with E-state index in [-0.39, 0.29) is 126 Å². The maximum Gasteiger partial charge on any atom is 0.337 e. The van der Waals surface area contributed by atoms with Gasteiger partial charge in [0.05, 0.1) is 96.4 Å². The molecular weight excluding hydrogens is 1240 g/mol. The maximum absolute atomic E-state index is 11.4. The van der Waals surface area contributed by atoms with Gasteiger partial charge in [0.2, 0.25) is 17.8 Å². The lowest BCUT2D eigenvalue weighted by atomic mass is 10.2. The standard InChI is InChI=1S/C34H33Cl3N10O10S2.C7H6ClNO2.C7H9NO4S/c35-22-13-20(7-8-21(22)31(48)49)46-47-26-17-30(57-10-2-12-59(53,54)55)28(15-24(26)37)42-34-44-32(40-19-5-3-18(38)4-6-19)43-33(45-34)41-27-14-23(36)25(39)16-29(27)56-9-1-11-58(50,51)52;8-6-2-1-4(9)3-5(6)7(10)11;1-12-7-3-2-5(4-6(7)8)13(9,10)11/h3-8,13-17H,1-2,9-12,38-39H2,(H,48,49)(H,50,51,52)(H,53,54,55)(H3,40,41,42,43,44,45);1-3H,9H2,(H,10,11);2-4H,8H2,1H3,(H,9,10,11). The van der Waals surface area contributed by atoms with Crippen LogP contribution in [0, 0.1) is 0 Å². The molecule has 7 rings (SSSR count). The van der Waals surface area contributed by atoms with E-state index in [2.05, 4.69) is 41.1 Å². The number of carbonyl (C=O) groups is 2. The minimum atomic E-state index is -4.29. The van der Waals surface area contributed by atoms with Crippen molar-refractivity contribution in [3.05, 3.63) is 134 Å². The van der Waals surface area contributed by atoms with Gasteiger partial charge < -0.3 is 63.3 Å². The minimum absolute atomic E-state index is 0.00616. The van der Waals surface area contributed by atoms with Gasteiger partial charge in [-0.25, -0.2) is 9.59 Å². The number of rotatable bonds is 22. The first-order valence-corrected chi connectivity index (χ1v) is 29.2. The molecule has 0 atom stereocenters. The van der Waals surface area contributed by atoms with Crippen molar-refractivity contribution in [2.45, 2.75) is 17.7 Å². The number of benzene rings is 6. The van der Waals surface area contributed by atoms with Crippen LogP contribution in [0.2, 0.25) is 20.1 Å². The Morgan fingerprint density at radius 2 is 1.07 bits per heavy atom. The summed E-state index contributed by atoms with van der Waals surface area (Å²) in [6, 6.07) is 24.3. The van der Waals surface area contributed by atoms with Crippen LogP contribution in [0.15, 0.2) is 118 Å². The van der Waals surface area contributed by atoms with Crippen molar-refractivity contribution in [2.75, 3.05) is 70.7 Å². The number of ether oxygens (including phenoxy) is 3. The second-order valence-corrected chi connectivity index (χ2v) is 22.7. The Bertz CT molecular complexity index is 3890. The molecule has 1 heterocycles. The maximum atomic E-state index is 11.4. The van der Waals surface area contributed by atoms with Gasteiger partial charge in [0.15, 0.2) is 0 Å². The number of halogens is 4. The number of hydrogen-bond acceptors (Lipinski definition) is 23. The van der Waals surface area contributed by atoms with Gasteiger partial charge in [-0.05, 0) is 104 Å². The quantitative estimate of drug-likeness (QED) is 0.0130. The van der Waals surface area contributed by atoms with Crippen LogP contribution in [0.3, 0.4) is 0 Å². The summed E-state index contributed by atoms with van der Waals surface area (Å²) in [7, 11) is -11.3. The van der Waals surface area contributed by atoms with E-state index >= 15 is 0 Å². The highest BCUT2D eigenvalue weighted by molar-refractivity contribution is 7.86. The fourth-order valence-electron chi connectivity index (χ4n) is 6.38. The molecule has 0 aliphatic carbocycles. The normalized spacial score (nSPS) is 11.3. The summed E-state index contributed by atoms with van der Waals surface area (Å²) in [5.41, 5.74) is 24.9. The Kier molecular flexibility index (Phi) is 23.0. The highest BCUT2D eigenvalue weighted by atomic mass is 35.5. The second kappa shape index (κ2) is 29.1. The fourth-order valence-corrected chi connectivity index (χ4v) is 8.68. The molecule has 6 aromatic carbocycles. The SMILES string of the molecule is COc1ccc(S(=O)(=O)O)cc1N.Nc1ccc(Cl)c(C(=O)O)c1.Nc1ccc(Nc2nc(Nc3cc(Cl)c(N)cc3OCCCS(=O)(=O)O)nc(Nc3cc(Cl)c(N=Nc4ccc(C(=O)O)c(Cl)c4)cc3OCCCS(=O)(=O)O)n2)cc1. The predicted octanol–water partition coefficient (Wildman–Crippen LogP) is 9.80. The lowest BCUT2D eigenvalue weighted by molar-refractivity contribution is 0.0686. The lowest BCUT2D eigenvalue weighted by Crippen LogP contribution is -2.11. The average molecular weight is 1290 g/mol. The molecule has 0 saturated heterocycles. The zero-order chi connectivity index (χ0) is 61.4. The van der Waals surface area contributed by atoms with Crippen molar-refractivity contribution < 1.29 is 72.9 Å². The predicted molar refractivity (Wildman–Crippen MR) is 314 cm³/mol.